The predicted molar refractivity (Wildman–Crippen MR) is 105 cm³/mol. The molecular formula is C22H23F3N2O3. The third-order valence-electron chi connectivity index (χ3n) is 5.96. The molecule has 2 aromatic rings. The van der Waals surface area contributed by atoms with E-state index in [1.54, 1.807) is 6.92 Å². The lowest BCUT2D eigenvalue weighted by Gasteiger charge is -2.40. The van der Waals surface area contributed by atoms with Crippen molar-refractivity contribution < 1.29 is 27.9 Å². The number of aryl methyl sites for hydroxylation is 1. The van der Waals surface area contributed by atoms with Gasteiger partial charge in [0.1, 0.15) is 0 Å². The van der Waals surface area contributed by atoms with Crippen LogP contribution >= 0.6 is 0 Å². The minimum absolute atomic E-state index is 0.210. The van der Waals surface area contributed by atoms with Crippen molar-refractivity contribution in [3.8, 4) is 11.1 Å². The average molecular weight is 420 g/mol. The SMILES string of the molecule is CC(=O)N1CCC2(CCc3ccc(-c4cccnc4)cc32)CC1.O=C(O)C(F)(F)F. The first-order valence-electron chi connectivity index (χ1n) is 9.72. The van der Waals surface area contributed by atoms with Crippen molar-refractivity contribution in [2.45, 2.75) is 44.2 Å². The lowest BCUT2D eigenvalue weighted by Crippen LogP contribution is -2.43. The largest absolute Gasteiger partial charge is 0.490 e. The number of hydrogen-bond donors (Lipinski definition) is 1. The van der Waals surface area contributed by atoms with Gasteiger partial charge in [-0.1, -0.05) is 24.3 Å². The molecule has 30 heavy (non-hydrogen) atoms. The molecule has 0 radical (unpaired) electrons. The summed E-state index contributed by atoms with van der Waals surface area (Å²) in [6.45, 7) is 3.47. The first-order chi connectivity index (χ1) is 14.1. The fourth-order valence-electron chi connectivity index (χ4n) is 4.28. The molecule has 0 bridgehead atoms. The van der Waals surface area contributed by atoms with Crippen LogP contribution in [0.5, 0.6) is 0 Å². The third kappa shape index (κ3) is 4.63. The minimum Gasteiger partial charge on any atom is -0.475 e. The Bertz CT molecular complexity index is 921. The Labute approximate surface area is 172 Å². The number of carboxylic acids is 1. The average Bonchev–Trinajstić information content (AvgIpc) is 3.06. The third-order valence-corrected chi connectivity index (χ3v) is 5.96. The lowest BCUT2D eigenvalue weighted by molar-refractivity contribution is -0.192. The van der Waals surface area contributed by atoms with Gasteiger partial charge in [0.05, 0.1) is 0 Å². The topological polar surface area (TPSA) is 70.5 Å². The molecule has 0 unspecified atom stereocenters. The summed E-state index contributed by atoms with van der Waals surface area (Å²) in [5, 5.41) is 7.12. The molecule has 0 saturated carbocycles. The normalized spacial score (nSPS) is 17.1. The van der Waals surface area contributed by atoms with Gasteiger partial charge < -0.3 is 10.0 Å². The summed E-state index contributed by atoms with van der Waals surface area (Å²) < 4.78 is 31.7. The van der Waals surface area contributed by atoms with E-state index in [1.807, 2.05) is 23.4 Å². The maximum Gasteiger partial charge on any atom is 0.490 e. The number of piperidine rings is 1. The Morgan fingerprint density at radius 3 is 2.30 bits per heavy atom. The van der Waals surface area contributed by atoms with Crippen molar-refractivity contribution in [1.29, 1.82) is 0 Å². The molecule has 1 amide bonds. The summed E-state index contributed by atoms with van der Waals surface area (Å²) in [6, 6.07) is 11.0. The lowest BCUT2D eigenvalue weighted by atomic mass is 9.73. The molecule has 1 aliphatic carbocycles. The smallest absolute Gasteiger partial charge is 0.475 e. The van der Waals surface area contributed by atoms with Gasteiger partial charge in [-0.25, -0.2) is 4.79 Å². The van der Waals surface area contributed by atoms with E-state index in [0.717, 1.165) is 25.9 Å². The Hall–Kier alpha value is -2.90. The van der Waals surface area contributed by atoms with Crippen LogP contribution in [0.1, 0.15) is 37.3 Å². The second kappa shape index (κ2) is 8.45. The van der Waals surface area contributed by atoms with E-state index in [-0.39, 0.29) is 11.3 Å². The molecule has 5 nitrogen and oxygen atoms in total. The standard InChI is InChI=1S/C20H22N2O.C2HF3O2/c1-15(23)22-11-8-20(9-12-22)7-6-16-4-5-17(13-19(16)20)18-3-2-10-21-14-18;3-2(4,5)1(6)7/h2-5,10,13-14H,6-9,11-12H2,1H3;(H,6,7). The quantitative estimate of drug-likeness (QED) is 0.750. The maximum absolute atomic E-state index is 11.6. The molecule has 4 rings (SSSR count). The number of alkyl halides is 3. The Morgan fingerprint density at radius 1 is 1.10 bits per heavy atom. The van der Waals surface area contributed by atoms with Crippen LogP contribution in [0.4, 0.5) is 13.2 Å². The summed E-state index contributed by atoms with van der Waals surface area (Å²) in [5.74, 6) is -2.55. The zero-order valence-electron chi connectivity index (χ0n) is 16.6. The van der Waals surface area contributed by atoms with Crippen molar-refractivity contribution in [3.05, 3.63) is 53.9 Å². The van der Waals surface area contributed by atoms with Gasteiger partial charge in [0.25, 0.3) is 0 Å². The van der Waals surface area contributed by atoms with E-state index >= 15 is 0 Å². The number of benzene rings is 1. The van der Waals surface area contributed by atoms with E-state index in [9.17, 15) is 18.0 Å². The van der Waals surface area contributed by atoms with Gasteiger partial charge in [0.15, 0.2) is 0 Å². The molecule has 1 saturated heterocycles. The number of nitrogens with zero attached hydrogens (tertiary/aromatic N) is 2. The second-order valence-electron chi connectivity index (χ2n) is 7.70. The number of hydrogen-bond acceptors (Lipinski definition) is 3. The van der Waals surface area contributed by atoms with E-state index in [1.165, 1.54) is 35.1 Å². The van der Waals surface area contributed by atoms with Gasteiger partial charge in [0, 0.05) is 32.4 Å². The molecule has 1 N–H and O–H groups in total. The van der Waals surface area contributed by atoms with Crippen molar-refractivity contribution in [2.24, 2.45) is 0 Å². The second-order valence-corrected chi connectivity index (χ2v) is 7.70. The Morgan fingerprint density at radius 2 is 1.77 bits per heavy atom. The number of fused-ring (bicyclic) bond motifs is 2. The number of aromatic nitrogens is 1. The number of likely N-dealkylation sites (tertiary alicyclic amines) is 1. The molecule has 1 aromatic heterocycles. The maximum atomic E-state index is 11.6. The van der Waals surface area contributed by atoms with Crippen LogP contribution in [0.2, 0.25) is 0 Å². The summed E-state index contributed by atoms with van der Waals surface area (Å²) in [6.07, 6.45) is 3.25. The molecule has 2 heterocycles. The van der Waals surface area contributed by atoms with Gasteiger partial charge in [-0.2, -0.15) is 13.2 Å². The zero-order chi connectivity index (χ0) is 21.9. The first-order valence-corrected chi connectivity index (χ1v) is 9.72. The van der Waals surface area contributed by atoms with Gasteiger partial charge in [-0.15, -0.1) is 0 Å². The molecule has 1 spiro atoms. The van der Waals surface area contributed by atoms with Crippen molar-refractivity contribution in [3.63, 3.8) is 0 Å². The zero-order valence-corrected chi connectivity index (χ0v) is 16.6. The summed E-state index contributed by atoms with van der Waals surface area (Å²) >= 11 is 0. The first kappa shape index (κ1) is 21.8. The van der Waals surface area contributed by atoms with E-state index in [2.05, 4.69) is 29.2 Å². The fourth-order valence-corrected chi connectivity index (χ4v) is 4.28. The summed E-state index contributed by atoms with van der Waals surface area (Å²) in [7, 11) is 0. The number of amides is 1. The van der Waals surface area contributed by atoms with Crippen LogP contribution < -0.4 is 0 Å². The van der Waals surface area contributed by atoms with Crippen LogP contribution in [0.3, 0.4) is 0 Å². The number of pyridine rings is 1. The van der Waals surface area contributed by atoms with Crippen LogP contribution in [-0.2, 0) is 21.4 Å². The van der Waals surface area contributed by atoms with Crippen LogP contribution in [0.15, 0.2) is 42.7 Å². The number of carbonyl (C=O) groups is 2. The van der Waals surface area contributed by atoms with Crippen LogP contribution in [0.25, 0.3) is 11.1 Å². The summed E-state index contributed by atoms with van der Waals surface area (Å²) in [5.41, 5.74) is 5.72. The Balaban J connectivity index is 0.000000318. The van der Waals surface area contributed by atoms with Gasteiger partial charge in [0.2, 0.25) is 5.91 Å². The van der Waals surface area contributed by atoms with Crippen molar-refractivity contribution in [2.75, 3.05) is 13.1 Å². The molecule has 2 aliphatic rings. The van der Waals surface area contributed by atoms with Crippen molar-refractivity contribution >= 4 is 11.9 Å². The molecular weight excluding hydrogens is 397 g/mol. The molecule has 1 fully saturated rings. The van der Waals surface area contributed by atoms with Gasteiger partial charge in [-0.05, 0) is 59.4 Å². The molecule has 160 valence electrons. The monoisotopic (exact) mass is 420 g/mol. The molecule has 1 aliphatic heterocycles. The number of rotatable bonds is 1. The molecule has 1 aromatic carbocycles. The number of carboxylic acid groups (broad SMARTS) is 1. The van der Waals surface area contributed by atoms with Gasteiger partial charge >= 0.3 is 12.1 Å². The highest BCUT2D eigenvalue weighted by Gasteiger charge is 2.41. The highest BCUT2D eigenvalue weighted by molar-refractivity contribution is 5.73. The molecule has 8 heteroatoms. The van der Waals surface area contributed by atoms with E-state index in [4.69, 9.17) is 9.90 Å². The minimum atomic E-state index is -5.08. The van der Waals surface area contributed by atoms with E-state index in [0.29, 0.717) is 0 Å². The highest BCUT2D eigenvalue weighted by Crippen LogP contribution is 2.47. The number of carbonyl (C=O) groups excluding carboxylic acids is 1. The van der Waals surface area contributed by atoms with Crippen LogP contribution in [-0.4, -0.2) is 46.1 Å². The van der Waals surface area contributed by atoms with Gasteiger partial charge in [-0.3, -0.25) is 9.78 Å². The summed E-state index contributed by atoms with van der Waals surface area (Å²) in [4.78, 5) is 26.7. The predicted octanol–water partition coefficient (Wildman–Crippen LogP) is 4.21. The van der Waals surface area contributed by atoms with Crippen molar-refractivity contribution in [1.82, 2.24) is 9.88 Å². The highest BCUT2D eigenvalue weighted by atomic mass is 19.4. The fraction of sp³-hybridized carbons (Fsp3) is 0.409. The molecule has 0 atom stereocenters. The number of halogens is 3. The van der Waals surface area contributed by atoms with Crippen LogP contribution in [0, 0.1) is 0 Å². The van der Waals surface area contributed by atoms with E-state index < -0.39 is 12.1 Å². The Kier molecular flexibility index (Phi) is 6.14. The number of aliphatic carboxylic acids is 1.